The lowest BCUT2D eigenvalue weighted by atomic mass is 9.94. The fourth-order valence-corrected chi connectivity index (χ4v) is 5.73. The molecule has 0 fully saturated rings. The van der Waals surface area contributed by atoms with Crippen molar-refractivity contribution in [1.82, 2.24) is 9.97 Å². The van der Waals surface area contributed by atoms with E-state index < -0.39 is 0 Å². The predicted molar refractivity (Wildman–Crippen MR) is 158 cm³/mol. The zero-order chi connectivity index (χ0) is 25.8. The van der Waals surface area contributed by atoms with E-state index in [2.05, 4.69) is 84.0 Å². The fraction of sp³-hybridized carbons (Fsp3) is 0.121. The lowest BCUT2D eigenvalue weighted by Gasteiger charge is -2.19. The second-order valence-electron chi connectivity index (χ2n) is 9.70. The first-order chi connectivity index (χ1) is 18.7. The van der Waals surface area contributed by atoms with Gasteiger partial charge in [0.25, 0.3) is 0 Å². The second-order valence-corrected chi connectivity index (χ2v) is 9.70. The number of methoxy groups -OCH3 is 2. The molecule has 7 aromatic rings. The van der Waals surface area contributed by atoms with Crippen molar-refractivity contribution in [3.63, 3.8) is 0 Å². The Morgan fingerprint density at radius 1 is 0.684 bits per heavy atom. The van der Waals surface area contributed by atoms with Crippen molar-refractivity contribution in [3.8, 4) is 11.5 Å². The van der Waals surface area contributed by atoms with E-state index in [9.17, 15) is 0 Å². The highest BCUT2D eigenvalue weighted by Crippen LogP contribution is 2.45. The average molecular weight is 498 g/mol. The Bertz CT molecular complexity index is 1990. The van der Waals surface area contributed by atoms with Crippen LogP contribution in [0.5, 0.6) is 11.5 Å². The number of ether oxygens (including phenoxy) is 2. The van der Waals surface area contributed by atoms with Gasteiger partial charge in [0.05, 0.1) is 30.8 Å². The van der Waals surface area contributed by atoms with Gasteiger partial charge in [0, 0.05) is 55.9 Å². The van der Waals surface area contributed by atoms with Gasteiger partial charge < -0.3 is 19.8 Å². The number of pyridine rings is 1. The number of fused-ring (bicyclic) bond motifs is 9. The van der Waals surface area contributed by atoms with Crippen LogP contribution in [0.1, 0.15) is 18.5 Å². The molecule has 0 saturated heterocycles. The van der Waals surface area contributed by atoms with E-state index >= 15 is 0 Å². The van der Waals surface area contributed by atoms with Crippen molar-refractivity contribution in [3.05, 3.63) is 96.6 Å². The van der Waals surface area contributed by atoms with Crippen molar-refractivity contribution in [1.29, 1.82) is 0 Å². The fourth-order valence-electron chi connectivity index (χ4n) is 5.73. The first-order valence-electron chi connectivity index (χ1n) is 12.8. The third-order valence-electron chi connectivity index (χ3n) is 7.56. The van der Waals surface area contributed by atoms with E-state index in [0.717, 1.165) is 66.2 Å². The monoisotopic (exact) mass is 497 g/mol. The number of hydrogen-bond donors (Lipinski definition) is 2. The van der Waals surface area contributed by atoms with E-state index in [-0.39, 0.29) is 6.04 Å². The number of anilines is 1. The first kappa shape index (κ1) is 22.4. The maximum absolute atomic E-state index is 5.91. The lowest BCUT2D eigenvalue weighted by molar-refractivity contribution is 0.415. The van der Waals surface area contributed by atoms with Gasteiger partial charge in [0.15, 0.2) is 0 Å². The summed E-state index contributed by atoms with van der Waals surface area (Å²) in [5.41, 5.74) is 4.22. The van der Waals surface area contributed by atoms with Crippen molar-refractivity contribution in [2.45, 2.75) is 13.0 Å². The topological polar surface area (TPSA) is 59.2 Å². The minimum Gasteiger partial charge on any atom is -0.497 e. The number of hydrogen-bond acceptors (Lipinski definition) is 4. The Kier molecular flexibility index (Phi) is 5.11. The summed E-state index contributed by atoms with van der Waals surface area (Å²) in [6, 6.07) is 31.6. The van der Waals surface area contributed by atoms with Crippen molar-refractivity contribution < 1.29 is 9.47 Å². The minimum atomic E-state index is 0.0923. The highest BCUT2D eigenvalue weighted by molar-refractivity contribution is 6.33. The smallest absolute Gasteiger partial charge is 0.135 e. The Hall–Kier alpha value is -4.77. The minimum absolute atomic E-state index is 0.0923. The molecule has 2 aromatic heterocycles. The van der Waals surface area contributed by atoms with Crippen LogP contribution in [0.4, 0.5) is 5.82 Å². The van der Waals surface area contributed by atoms with Gasteiger partial charge in [-0.15, -0.1) is 0 Å². The summed E-state index contributed by atoms with van der Waals surface area (Å²) in [5, 5.41) is 11.6. The molecule has 0 unspecified atom stereocenters. The third-order valence-corrected chi connectivity index (χ3v) is 7.56. The molecule has 38 heavy (non-hydrogen) atoms. The van der Waals surface area contributed by atoms with Gasteiger partial charge in [0.1, 0.15) is 17.3 Å². The SMILES string of the molecule is COc1ccc2c(c1)[nH]c1cc(OC)c3ccc4c(N[C@@H](C)c5ccccc5)nc5ccccc5c4c3c12. The van der Waals surface area contributed by atoms with Crippen molar-refractivity contribution in [2.75, 3.05) is 19.5 Å². The highest BCUT2D eigenvalue weighted by atomic mass is 16.5. The van der Waals surface area contributed by atoms with Crippen LogP contribution in [0.3, 0.4) is 0 Å². The van der Waals surface area contributed by atoms with Crippen LogP contribution >= 0.6 is 0 Å². The summed E-state index contributed by atoms with van der Waals surface area (Å²) in [6.07, 6.45) is 0. The Balaban J connectivity index is 1.63. The molecule has 5 heteroatoms. The highest BCUT2D eigenvalue weighted by Gasteiger charge is 2.19. The number of aromatic nitrogens is 2. The first-order valence-corrected chi connectivity index (χ1v) is 12.8. The lowest BCUT2D eigenvalue weighted by Crippen LogP contribution is -2.08. The number of para-hydroxylation sites is 1. The van der Waals surface area contributed by atoms with E-state index in [1.54, 1.807) is 14.2 Å². The molecule has 0 aliphatic rings. The maximum Gasteiger partial charge on any atom is 0.135 e. The van der Waals surface area contributed by atoms with E-state index in [1.807, 2.05) is 24.3 Å². The van der Waals surface area contributed by atoms with Crippen LogP contribution < -0.4 is 14.8 Å². The van der Waals surface area contributed by atoms with Gasteiger partial charge >= 0.3 is 0 Å². The van der Waals surface area contributed by atoms with Gasteiger partial charge in [-0.1, -0.05) is 48.5 Å². The molecule has 0 aliphatic heterocycles. The number of rotatable bonds is 5. The molecule has 186 valence electrons. The van der Waals surface area contributed by atoms with Crippen LogP contribution in [0, 0.1) is 0 Å². The molecule has 2 heterocycles. The molecule has 5 aromatic carbocycles. The van der Waals surface area contributed by atoms with Gasteiger partial charge in [-0.2, -0.15) is 0 Å². The molecule has 0 spiro atoms. The molecule has 2 N–H and O–H groups in total. The van der Waals surface area contributed by atoms with Gasteiger partial charge in [-0.25, -0.2) is 4.98 Å². The maximum atomic E-state index is 5.91. The summed E-state index contributed by atoms with van der Waals surface area (Å²) in [4.78, 5) is 8.71. The molecule has 5 nitrogen and oxygen atoms in total. The van der Waals surface area contributed by atoms with Crippen LogP contribution in [0.15, 0.2) is 91.0 Å². The molecule has 0 radical (unpaired) electrons. The summed E-state index contributed by atoms with van der Waals surface area (Å²) in [6.45, 7) is 2.17. The summed E-state index contributed by atoms with van der Waals surface area (Å²) < 4.78 is 11.4. The number of H-pyrrole nitrogens is 1. The van der Waals surface area contributed by atoms with Crippen LogP contribution in [-0.2, 0) is 0 Å². The van der Waals surface area contributed by atoms with Crippen LogP contribution in [0.25, 0.3) is 54.3 Å². The molecule has 0 saturated carbocycles. The Morgan fingerprint density at radius 2 is 1.45 bits per heavy atom. The summed E-state index contributed by atoms with van der Waals surface area (Å²) in [5.74, 6) is 2.52. The molecule has 0 bridgehead atoms. The van der Waals surface area contributed by atoms with E-state index in [0.29, 0.717) is 0 Å². The average Bonchev–Trinajstić information content (AvgIpc) is 3.34. The number of aromatic amines is 1. The second kappa shape index (κ2) is 8.67. The van der Waals surface area contributed by atoms with Crippen molar-refractivity contribution in [2.24, 2.45) is 0 Å². The molecular weight excluding hydrogens is 470 g/mol. The van der Waals surface area contributed by atoms with Gasteiger partial charge in [-0.05, 0) is 42.8 Å². The zero-order valence-electron chi connectivity index (χ0n) is 21.5. The van der Waals surface area contributed by atoms with Crippen LogP contribution in [0.2, 0.25) is 0 Å². The standard InChI is InChI=1S/C33H27N3O2/c1-19(20-9-5-4-6-10-20)34-33-25-16-15-24-29(38-3)18-28-31(23-14-13-21(37-2)17-27(23)35-28)32(24)30(25)22-11-7-8-12-26(22)36-33/h4-19,35H,1-3H3,(H,34,36)/t19-/m0/s1. The molecular formula is C33H27N3O2. The van der Waals surface area contributed by atoms with E-state index in [4.69, 9.17) is 14.5 Å². The van der Waals surface area contributed by atoms with Gasteiger partial charge in [-0.3, -0.25) is 0 Å². The van der Waals surface area contributed by atoms with Crippen molar-refractivity contribution >= 4 is 60.1 Å². The largest absolute Gasteiger partial charge is 0.497 e. The normalized spacial score (nSPS) is 12.5. The molecule has 0 amide bonds. The zero-order valence-corrected chi connectivity index (χ0v) is 21.5. The quantitative estimate of drug-likeness (QED) is 0.235. The molecule has 1 atom stereocenters. The number of nitrogens with zero attached hydrogens (tertiary/aromatic N) is 1. The Labute approximate surface area is 220 Å². The molecule has 0 aliphatic carbocycles. The number of nitrogens with one attached hydrogen (secondary N) is 2. The van der Waals surface area contributed by atoms with Gasteiger partial charge in [0.2, 0.25) is 0 Å². The summed E-state index contributed by atoms with van der Waals surface area (Å²) >= 11 is 0. The predicted octanol–water partition coefficient (Wildman–Crippen LogP) is 8.37. The van der Waals surface area contributed by atoms with Crippen LogP contribution in [-0.4, -0.2) is 24.2 Å². The summed E-state index contributed by atoms with van der Waals surface area (Å²) in [7, 11) is 3.43. The third kappa shape index (κ3) is 3.36. The van der Waals surface area contributed by atoms with E-state index in [1.165, 1.54) is 10.9 Å². The number of benzene rings is 5. The Morgan fingerprint density at radius 3 is 2.26 bits per heavy atom. The molecule has 7 rings (SSSR count).